The Hall–Kier alpha value is -0.330. The van der Waals surface area contributed by atoms with Crippen molar-refractivity contribution in [2.45, 2.75) is 4.83 Å². The second kappa shape index (κ2) is 5.97. The van der Waals surface area contributed by atoms with Gasteiger partial charge in [-0.2, -0.15) is 0 Å². The average Bonchev–Trinajstić information content (AvgIpc) is 2.33. The van der Waals surface area contributed by atoms with Gasteiger partial charge in [-0.15, -0.1) is 0 Å². The number of rotatable bonds is 2. The van der Waals surface area contributed by atoms with Crippen molar-refractivity contribution in [3.8, 4) is 0 Å². The Kier molecular flexibility index (Phi) is 4.74. The van der Waals surface area contributed by atoms with Crippen LogP contribution in [0.5, 0.6) is 0 Å². The van der Waals surface area contributed by atoms with Gasteiger partial charge in [-0.3, -0.25) is 0 Å². The predicted octanol–water partition coefficient (Wildman–Crippen LogP) is 6.11. The zero-order valence-electron chi connectivity index (χ0n) is 9.23. The molecule has 1 unspecified atom stereocenters. The molecule has 19 heavy (non-hydrogen) atoms. The maximum atomic E-state index is 13.8. The van der Waals surface area contributed by atoms with Gasteiger partial charge in [0, 0.05) is 15.6 Å². The molecule has 0 saturated heterocycles. The SMILES string of the molecule is Fc1cc(C(Br)c2ccc(Br)cc2F)c(F)cc1Br. The minimum absolute atomic E-state index is 0.0322. The highest BCUT2D eigenvalue weighted by atomic mass is 79.9. The maximum Gasteiger partial charge on any atom is 0.137 e. The van der Waals surface area contributed by atoms with Crippen molar-refractivity contribution < 1.29 is 13.2 Å². The van der Waals surface area contributed by atoms with Crippen LogP contribution in [0.15, 0.2) is 39.3 Å². The molecule has 0 bridgehead atoms. The topological polar surface area (TPSA) is 0 Å². The lowest BCUT2D eigenvalue weighted by Gasteiger charge is -2.13. The van der Waals surface area contributed by atoms with Gasteiger partial charge in [0.15, 0.2) is 0 Å². The Morgan fingerprint density at radius 2 is 1.42 bits per heavy atom. The maximum absolute atomic E-state index is 13.8. The summed E-state index contributed by atoms with van der Waals surface area (Å²) < 4.78 is 41.7. The molecule has 2 aromatic rings. The minimum Gasteiger partial charge on any atom is -0.207 e. The molecule has 0 aliphatic heterocycles. The minimum atomic E-state index is -0.761. The summed E-state index contributed by atoms with van der Waals surface area (Å²) in [4.78, 5) is -0.761. The summed E-state index contributed by atoms with van der Waals surface area (Å²) in [7, 11) is 0. The zero-order chi connectivity index (χ0) is 14.2. The standard InChI is InChI=1S/C13H6Br3F3/c14-6-1-2-7(10(17)3-6)13(16)8-4-12(19)9(15)5-11(8)18/h1-5,13H. The van der Waals surface area contributed by atoms with Gasteiger partial charge in [0.1, 0.15) is 17.5 Å². The first-order chi connectivity index (χ1) is 8.90. The number of halogens is 6. The molecule has 0 aromatic heterocycles. The second-order valence-electron chi connectivity index (χ2n) is 3.82. The van der Waals surface area contributed by atoms with Crippen molar-refractivity contribution in [3.63, 3.8) is 0 Å². The van der Waals surface area contributed by atoms with Crippen molar-refractivity contribution in [3.05, 3.63) is 67.9 Å². The molecule has 1 atom stereocenters. The Morgan fingerprint density at radius 1 is 0.789 bits per heavy atom. The van der Waals surface area contributed by atoms with Gasteiger partial charge < -0.3 is 0 Å². The first kappa shape index (κ1) is 15.1. The third-order valence-electron chi connectivity index (χ3n) is 2.55. The molecule has 0 N–H and O–H groups in total. The first-order valence-corrected chi connectivity index (χ1v) is 7.63. The van der Waals surface area contributed by atoms with E-state index in [2.05, 4.69) is 47.8 Å². The van der Waals surface area contributed by atoms with Crippen molar-refractivity contribution in [1.82, 2.24) is 0 Å². The van der Waals surface area contributed by atoms with Crippen LogP contribution in [0, 0.1) is 17.5 Å². The molecular formula is C13H6Br3F3. The largest absolute Gasteiger partial charge is 0.207 e. The van der Waals surface area contributed by atoms with Gasteiger partial charge >= 0.3 is 0 Å². The van der Waals surface area contributed by atoms with Gasteiger partial charge in [-0.05, 0) is 40.2 Å². The van der Waals surface area contributed by atoms with Crippen molar-refractivity contribution in [2.24, 2.45) is 0 Å². The van der Waals surface area contributed by atoms with Gasteiger partial charge in [0.2, 0.25) is 0 Å². The first-order valence-electron chi connectivity index (χ1n) is 5.13. The normalized spacial score (nSPS) is 12.5. The summed E-state index contributed by atoms with van der Waals surface area (Å²) in [6, 6.07) is 6.49. The van der Waals surface area contributed by atoms with E-state index >= 15 is 0 Å². The van der Waals surface area contributed by atoms with E-state index in [9.17, 15) is 13.2 Å². The molecule has 0 fully saturated rings. The van der Waals surface area contributed by atoms with E-state index in [0.29, 0.717) is 4.47 Å². The summed E-state index contributed by atoms with van der Waals surface area (Å²) in [5, 5.41) is 0. The Labute approximate surface area is 133 Å². The summed E-state index contributed by atoms with van der Waals surface area (Å²) in [5.41, 5.74) is 0.283. The van der Waals surface area contributed by atoms with Crippen molar-refractivity contribution in [1.29, 1.82) is 0 Å². The van der Waals surface area contributed by atoms with Crippen LogP contribution < -0.4 is 0 Å². The highest BCUT2D eigenvalue weighted by molar-refractivity contribution is 9.10. The van der Waals surface area contributed by atoms with Crippen LogP contribution in [0.1, 0.15) is 16.0 Å². The molecule has 0 saturated carbocycles. The summed E-state index contributed by atoms with van der Waals surface area (Å²) >= 11 is 9.24. The third-order valence-corrected chi connectivity index (χ3v) is 4.64. The van der Waals surface area contributed by atoms with Crippen LogP contribution in [0.2, 0.25) is 0 Å². The molecule has 2 aromatic carbocycles. The summed E-state index contributed by atoms with van der Waals surface area (Å²) in [6.07, 6.45) is 0. The van der Waals surface area contributed by atoms with Gasteiger partial charge in [0.25, 0.3) is 0 Å². The van der Waals surface area contributed by atoms with Crippen LogP contribution in [-0.2, 0) is 0 Å². The van der Waals surface area contributed by atoms with Crippen LogP contribution in [0.25, 0.3) is 0 Å². The van der Waals surface area contributed by atoms with E-state index in [1.54, 1.807) is 6.07 Å². The second-order valence-corrected chi connectivity index (χ2v) is 6.50. The number of hydrogen-bond donors (Lipinski definition) is 0. The van der Waals surface area contributed by atoms with Crippen LogP contribution in [0.4, 0.5) is 13.2 Å². The highest BCUT2D eigenvalue weighted by Crippen LogP contribution is 2.36. The highest BCUT2D eigenvalue weighted by Gasteiger charge is 2.20. The summed E-state index contributed by atoms with van der Waals surface area (Å²) in [5.74, 6) is -1.71. The van der Waals surface area contributed by atoms with Crippen molar-refractivity contribution >= 4 is 47.8 Å². The summed E-state index contributed by atoms with van der Waals surface area (Å²) in [6.45, 7) is 0. The van der Waals surface area contributed by atoms with E-state index in [1.807, 2.05) is 0 Å². The number of hydrogen-bond acceptors (Lipinski definition) is 0. The van der Waals surface area contributed by atoms with Crippen LogP contribution >= 0.6 is 47.8 Å². The molecule has 0 spiro atoms. The molecule has 0 amide bonds. The lowest BCUT2D eigenvalue weighted by Crippen LogP contribution is -2.01. The monoisotopic (exact) mass is 456 g/mol. The lowest BCUT2D eigenvalue weighted by atomic mass is 10.0. The smallest absolute Gasteiger partial charge is 0.137 e. The third kappa shape index (κ3) is 3.23. The van der Waals surface area contributed by atoms with Gasteiger partial charge in [0.05, 0.1) is 9.30 Å². The molecule has 100 valence electrons. The number of alkyl halides is 1. The molecule has 0 aliphatic carbocycles. The van der Waals surface area contributed by atoms with E-state index < -0.39 is 22.3 Å². The predicted molar refractivity (Wildman–Crippen MR) is 78.9 cm³/mol. The Bertz CT molecular complexity index is 629. The molecule has 0 nitrogen and oxygen atoms in total. The van der Waals surface area contributed by atoms with E-state index in [0.717, 1.165) is 12.1 Å². The number of benzene rings is 2. The van der Waals surface area contributed by atoms with E-state index in [-0.39, 0.29) is 15.6 Å². The Balaban J connectivity index is 2.49. The average molecular weight is 459 g/mol. The van der Waals surface area contributed by atoms with Crippen LogP contribution in [-0.4, -0.2) is 0 Å². The molecule has 2 rings (SSSR count). The quantitative estimate of drug-likeness (QED) is 0.376. The van der Waals surface area contributed by atoms with Crippen molar-refractivity contribution in [2.75, 3.05) is 0 Å². The fourth-order valence-electron chi connectivity index (χ4n) is 1.61. The van der Waals surface area contributed by atoms with Gasteiger partial charge in [-0.25, -0.2) is 13.2 Å². The fourth-order valence-corrected chi connectivity index (χ4v) is 2.98. The molecular weight excluding hydrogens is 453 g/mol. The van der Waals surface area contributed by atoms with Gasteiger partial charge in [-0.1, -0.05) is 37.9 Å². The molecule has 0 radical (unpaired) electrons. The van der Waals surface area contributed by atoms with E-state index in [4.69, 9.17) is 0 Å². The molecule has 6 heteroatoms. The fraction of sp³-hybridized carbons (Fsp3) is 0.0769. The zero-order valence-corrected chi connectivity index (χ0v) is 14.0. The lowest BCUT2D eigenvalue weighted by molar-refractivity contribution is 0.577. The molecule has 0 heterocycles. The van der Waals surface area contributed by atoms with E-state index in [1.165, 1.54) is 12.1 Å². The Morgan fingerprint density at radius 3 is 2.05 bits per heavy atom. The molecule has 0 aliphatic rings. The van der Waals surface area contributed by atoms with Crippen LogP contribution in [0.3, 0.4) is 0 Å².